The van der Waals surface area contributed by atoms with E-state index in [1.165, 1.54) is 6.07 Å². The van der Waals surface area contributed by atoms with Crippen LogP contribution in [0.3, 0.4) is 0 Å². The molecule has 0 aliphatic carbocycles. The summed E-state index contributed by atoms with van der Waals surface area (Å²) in [4.78, 5) is 3.64. The van der Waals surface area contributed by atoms with Gasteiger partial charge < -0.3 is 4.99 Å². The number of nitrogens with zero attached hydrogens (tertiary/aromatic N) is 1. The summed E-state index contributed by atoms with van der Waals surface area (Å²) in [5.74, 6) is -0.272. The van der Waals surface area contributed by atoms with Crippen molar-refractivity contribution in [3.05, 3.63) is 34.6 Å². The number of halogens is 2. The first-order chi connectivity index (χ1) is 5.75. The Kier molecular flexibility index (Phi) is 3.23. The zero-order valence-electron chi connectivity index (χ0n) is 6.56. The molecule has 0 fully saturated rings. The molecule has 1 nitrogen and oxygen atoms in total. The minimum atomic E-state index is -0.272. The maximum Gasteiger partial charge on any atom is 0.127 e. The van der Waals surface area contributed by atoms with Crippen molar-refractivity contribution in [2.45, 2.75) is 6.42 Å². The Bertz CT molecular complexity index is 266. The van der Waals surface area contributed by atoms with Crippen molar-refractivity contribution in [3.8, 4) is 0 Å². The van der Waals surface area contributed by atoms with E-state index in [9.17, 15) is 4.39 Å². The van der Waals surface area contributed by atoms with E-state index in [0.29, 0.717) is 23.6 Å². The first-order valence-corrected chi connectivity index (χ1v) is 3.99. The fourth-order valence-electron chi connectivity index (χ4n) is 0.962. The SMILES string of the molecule is C=NCCc1c(F)cccc1Cl. The first kappa shape index (κ1) is 9.20. The van der Waals surface area contributed by atoms with E-state index >= 15 is 0 Å². The lowest BCUT2D eigenvalue weighted by Crippen LogP contribution is -1.94. The lowest BCUT2D eigenvalue weighted by atomic mass is 10.1. The molecule has 0 bridgehead atoms. The minimum Gasteiger partial charge on any atom is -0.301 e. The Morgan fingerprint density at radius 2 is 2.25 bits per heavy atom. The van der Waals surface area contributed by atoms with E-state index in [0.717, 1.165) is 0 Å². The molecule has 1 aromatic rings. The zero-order chi connectivity index (χ0) is 8.97. The summed E-state index contributed by atoms with van der Waals surface area (Å²) in [6.45, 7) is 3.82. The molecule has 0 amide bonds. The van der Waals surface area contributed by atoms with E-state index in [4.69, 9.17) is 11.6 Å². The van der Waals surface area contributed by atoms with Crippen molar-refractivity contribution in [1.29, 1.82) is 0 Å². The Morgan fingerprint density at radius 1 is 1.50 bits per heavy atom. The molecule has 0 heterocycles. The van der Waals surface area contributed by atoms with Gasteiger partial charge in [0.1, 0.15) is 5.82 Å². The number of benzene rings is 1. The Hall–Kier alpha value is -0.890. The maximum atomic E-state index is 13.0. The molecule has 0 aromatic heterocycles. The van der Waals surface area contributed by atoms with Gasteiger partial charge in [0.05, 0.1) is 0 Å². The second-order valence-corrected chi connectivity index (χ2v) is 2.80. The van der Waals surface area contributed by atoms with Gasteiger partial charge in [-0.2, -0.15) is 0 Å². The second kappa shape index (κ2) is 4.21. The van der Waals surface area contributed by atoms with Crippen LogP contribution in [0.5, 0.6) is 0 Å². The van der Waals surface area contributed by atoms with E-state index < -0.39 is 0 Å². The van der Waals surface area contributed by atoms with Gasteiger partial charge in [-0.05, 0) is 25.3 Å². The molecule has 0 unspecified atom stereocenters. The van der Waals surface area contributed by atoms with Gasteiger partial charge in [-0.3, -0.25) is 0 Å². The molecular weight excluding hydrogens is 177 g/mol. The molecule has 3 heteroatoms. The van der Waals surface area contributed by atoms with Gasteiger partial charge in [-0.15, -0.1) is 0 Å². The molecule has 0 aliphatic heterocycles. The highest BCUT2D eigenvalue weighted by atomic mass is 35.5. The Labute approximate surface area is 75.9 Å². The average Bonchev–Trinajstić information content (AvgIpc) is 2.04. The van der Waals surface area contributed by atoms with Crippen LogP contribution in [0.4, 0.5) is 4.39 Å². The molecule has 0 radical (unpaired) electrons. The van der Waals surface area contributed by atoms with Gasteiger partial charge in [-0.25, -0.2) is 4.39 Å². The summed E-state index contributed by atoms with van der Waals surface area (Å²) in [5.41, 5.74) is 0.520. The van der Waals surface area contributed by atoms with Crippen LogP contribution in [0.15, 0.2) is 23.2 Å². The normalized spacial score (nSPS) is 9.83. The highest BCUT2D eigenvalue weighted by Crippen LogP contribution is 2.19. The summed E-state index contributed by atoms with van der Waals surface area (Å²) < 4.78 is 13.0. The molecule has 0 aliphatic rings. The van der Waals surface area contributed by atoms with Crippen LogP contribution in [0.2, 0.25) is 5.02 Å². The highest BCUT2D eigenvalue weighted by Gasteiger charge is 2.04. The standard InChI is InChI=1S/C9H9ClFN/c1-12-6-5-7-8(10)3-2-4-9(7)11/h2-4H,1,5-6H2. The summed E-state index contributed by atoms with van der Waals surface area (Å²) >= 11 is 5.76. The largest absolute Gasteiger partial charge is 0.301 e. The molecule has 0 spiro atoms. The van der Waals surface area contributed by atoms with Crippen LogP contribution < -0.4 is 0 Å². The van der Waals surface area contributed by atoms with E-state index in [1.54, 1.807) is 12.1 Å². The maximum absolute atomic E-state index is 13.0. The number of hydrogen-bond acceptors (Lipinski definition) is 1. The monoisotopic (exact) mass is 185 g/mol. The molecule has 1 rings (SSSR count). The van der Waals surface area contributed by atoms with E-state index in [-0.39, 0.29) is 5.82 Å². The van der Waals surface area contributed by atoms with Gasteiger partial charge >= 0.3 is 0 Å². The van der Waals surface area contributed by atoms with Crippen molar-refractivity contribution in [1.82, 2.24) is 0 Å². The van der Waals surface area contributed by atoms with Crippen molar-refractivity contribution in [3.63, 3.8) is 0 Å². The lowest BCUT2D eigenvalue weighted by Gasteiger charge is -2.02. The lowest BCUT2D eigenvalue weighted by molar-refractivity contribution is 0.610. The molecule has 0 saturated carbocycles. The Morgan fingerprint density at radius 3 is 2.83 bits per heavy atom. The highest BCUT2D eigenvalue weighted by molar-refractivity contribution is 6.31. The van der Waals surface area contributed by atoms with E-state index in [2.05, 4.69) is 11.7 Å². The quantitative estimate of drug-likeness (QED) is 0.643. The molecule has 64 valence electrons. The van der Waals surface area contributed by atoms with Crippen molar-refractivity contribution in [2.24, 2.45) is 4.99 Å². The third-order valence-corrected chi connectivity index (χ3v) is 1.94. The number of hydrogen-bond donors (Lipinski definition) is 0. The molecular formula is C9H9ClFN. The number of rotatable bonds is 3. The van der Waals surface area contributed by atoms with Crippen LogP contribution in [0, 0.1) is 5.82 Å². The van der Waals surface area contributed by atoms with Gasteiger partial charge in [-0.1, -0.05) is 17.7 Å². The topological polar surface area (TPSA) is 12.4 Å². The van der Waals surface area contributed by atoms with Crippen LogP contribution in [-0.2, 0) is 6.42 Å². The van der Waals surface area contributed by atoms with Gasteiger partial charge in [0.15, 0.2) is 0 Å². The summed E-state index contributed by atoms with van der Waals surface area (Å²) in [7, 11) is 0. The third-order valence-electron chi connectivity index (χ3n) is 1.58. The third kappa shape index (κ3) is 2.05. The summed E-state index contributed by atoms with van der Waals surface area (Å²) in [5, 5.41) is 0.457. The van der Waals surface area contributed by atoms with Crippen LogP contribution in [0.25, 0.3) is 0 Å². The summed E-state index contributed by atoms with van der Waals surface area (Å²) in [6.07, 6.45) is 0.509. The fourth-order valence-corrected chi connectivity index (χ4v) is 1.22. The zero-order valence-corrected chi connectivity index (χ0v) is 7.31. The molecule has 1 aromatic carbocycles. The van der Waals surface area contributed by atoms with Crippen LogP contribution in [0.1, 0.15) is 5.56 Å². The van der Waals surface area contributed by atoms with Gasteiger partial charge in [0.25, 0.3) is 0 Å². The van der Waals surface area contributed by atoms with Gasteiger partial charge in [0, 0.05) is 17.1 Å². The van der Waals surface area contributed by atoms with Crippen molar-refractivity contribution >= 4 is 18.3 Å². The predicted molar refractivity (Wildman–Crippen MR) is 49.5 cm³/mol. The average molecular weight is 186 g/mol. The fraction of sp³-hybridized carbons (Fsp3) is 0.222. The van der Waals surface area contributed by atoms with Crippen molar-refractivity contribution in [2.75, 3.05) is 6.54 Å². The molecule has 0 saturated heterocycles. The van der Waals surface area contributed by atoms with Gasteiger partial charge in [0.2, 0.25) is 0 Å². The van der Waals surface area contributed by atoms with E-state index in [1.807, 2.05) is 0 Å². The first-order valence-electron chi connectivity index (χ1n) is 3.61. The van der Waals surface area contributed by atoms with Crippen molar-refractivity contribution < 1.29 is 4.39 Å². The molecule has 0 atom stereocenters. The minimum absolute atomic E-state index is 0.272. The predicted octanol–water partition coefficient (Wildman–Crippen LogP) is 2.72. The smallest absolute Gasteiger partial charge is 0.127 e. The molecule has 12 heavy (non-hydrogen) atoms. The molecule has 0 N–H and O–H groups in total. The summed E-state index contributed by atoms with van der Waals surface area (Å²) in [6, 6.07) is 4.65. The number of aliphatic imine (C=N–C) groups is 1. The second-order valence-electron chi connectivity index (χ2n) is 2.40. The Balaban J connectivity index is 2.88. The van der Waals surface area contributed by atoms with Crippen LogP contribution in [-0.4, -0.2) is 13.3 Å². The van der Waals surface area contributed by atoms with Crippen LogP contribution >= 0.6 is 11.6 Å².